The number of aromatic hydroxyl groups is 4. The van der Waals surface area contributed by atoms with Crippen LogP contribution in [0.5, 0.6) is 23.0 Å². The summed E-state index contributed by atoms with van der Waals surface area (Å²) in [7, 11) is 0. The quantitative estimate of drug-likeness (QED) is 0.403. The Bertz CT molecular complexity index is 781. The van der Waals surface area contributed by atoms with Gasteiger partial charge in [0.1, 0.15) is 0 Å². The van der Waals surface area contributed by atoms with Gasteiger partial charge >= 0.3 is 0 Å². The van der Waals surface area contributed by atoms with Gasteiger partial charge in [0, 0.05) is 0 Å². The Balaban J connectivity index is 3.58. The molecule has 18 heavy (non-hydrogen) atoms. The fourth-order valence-corrected chi connectivity index (χ4v) is 1.56. The standard InChI is InChI=1S/C10H4O8/c11-3-1-2(5(13)9(17)7(3)15)6(14)10(18)8(16)4(1)12/h15-18H. The van der Waals surface area contributed by atoms with Crippen molar-refractivity contribution in [2.75, 3.05) is 0 Å². The van der Waals surface area contributed by atoms with E-state index in [2.05, 4.69) is 0 Å². The summed E-state index contributed by atoms with van der Waals surface area (Å²) < 4.78 is 0. The lowest BCUT2D eigenvalue weighted by molar-refractivity contribution is 0.390. The molecule has 0 aromatic carbocycles. The monoisotopic (exact) mass is 252 g/mol. The third-order valence-electron chi connectivity index (χ3n) is 2.47. The molecule has 0 radical (unpaired) electrons. The fourth-order valence-electron chi connectivity index (χ4n) is 1.56. The summed E-state index contributed by atoms with van der Waals surface area (Å²) in [4.78, 5) is 45.8. The Kier molecular flexibility index (Phi) is 2.12. The van der Waals surface area contributed by atoms with Gasteiger partial charge in [-0.1, -0.05) is 0 Å². The van der Waals surface area contributed by atoms with Gasteiger partial charge in [-0.3, -0.25) is 19.2 Å². The molecule has 0 saturated carbocycles. The van der Waals surface area contributed by atoms with Crippen molar-refractivity contribution >= 4 is 0 Å². The predicted octanol–water partition coefficient (Wildman–Crippen LogP) is -2.45. The summed E-state index contributed by atoms with van der Waals surface area (Å²) in [6, 6.07) is 0. The molecular formula is C10H4O8. The molecule has 0 amide bonds. The van der Waals surface area contributed by atoms with Crippen LogP contribution in [-0.4, -0.2) is 20.4 Å². The summed E-state index contributed by atoms with van der Waals surface area (Å²) in [5.41, 5.74) is -5.89. The normalized spacial score (nSPS) is 10.9. The number of hydrogen-bond acceptors (Lipinski definition) is 8. The van der Waals surface area contributed by atoms with Gasteiger partial charge in [0.2, 0.25) is 44.7 Å². The average molecular weight is 252 g/mol. The van der Waals surface area contributed by atoms with Gasteiger partial charge in [-0.2, -0.15) is 0 Å². The molecule has 92 valence electrons. The molecule has 0 aliphatic heterocycles. The molecule has 0 atom stereocenters. The molecule has 8 heteroatoms. The molecule has 0 aromatic heterocycles. The van der Waals surface area contributed by atoms with Crippen LogP contribution in [0.15, 0.2) is 19.2 Å². The molecule has 2 aliphatic carbocycles. The first-order valence-corrected chi connectivity index (χ1v) is 4.46. The van der Waals surface area contributed by atoms with E-state index in [0.29, 0.717) is 0 Å². The SMILES string of the molecule is O=c1c(O)c(O)c(=O)c2c(=O)c(O)c(O)c(=O)c1=2. The predicted molar refractivity (Wildman–Crippen MR) is 55.9 cm³/mol. The van der Waals surface area contributed by atoms with Crippen LogP contribution in [0.4, 0.5) is 0 Å². The lowest BCUT2D eigenvalue weighted by Crippen LogP contribution is -2.27. The highest BCUT2D eigenvalue weighted by Gasteiger charge is 2.22. The van der Waals surface area contributed by atoms with Crippen molar-refractivity contribution in [1.29, 1.82) is 0 Å². The second-order valence-electron chi connectivity index (χ2n) is 3.46. The van der Waals surface area contributed by atoms with Crippen molar-refractivity contribution in [3.63, 3.8) is 0 Å². The van der Waals surface area contributed by atoms with Crippen LogP contribution in [0.3, 0.4) is 0 Å². The Hall–Kier alpha value is -2.90. The lowest BCUT2D eigenvalue weighted by atomic mass is 10.1. The highest BCUT2D eigenvalue weighted by atomic mass is 16.3. The molecule has 2 rings (SSSR count). The topological polar surface area (TPSA) is 149 Å². The zero-order valence-corrected chi connectivity index (χ0v) is 8.42. The maximum Gasteiger partial charge on any atom is 0.236 e. The van der Waals surface area contributed by atoms with E-state index in [9.17, 15) is 19.2 Å². The maximum absolute atomic E-state index is 11.5. The minimum absolute atomic E-state index is 1.07. The van der Waals surface area contributed by atoms with Crippen LogP contribution in [0, 0.1) is 10.4 Å². The molecule has 0 aromatic rings. The average Bonchev–Trinajstić information content (AvgIpc) is 2.35. The molecule has 0 saturated heterocycles. The second kappa shape index (κ2) is 3.29. The van der Waals surface area contributed by atoms with E-state index >= 15 is 0 Å². The first kappa shape index (κ1) is 11.6. The van der Waals surface area contributed by atoms with Crippen LogP contribution >= 0.6 is 0 Å². The maximum atomic E-state index is 11.5. The Morgan fingerprint density at radius 1 is 0.444 bits per heavy atom. The van der Waals surface area contributed by atoms with E-state index in [4.69, 9.17) is 20.4 Å². The van der Waals surface area contributed by atoms with Crippen molar-refractivity contribution in [3.8, 4) is 23.0 Å². The van der Waals surface area contributed by atoms with Crippen molar-refractivity contribution < 1.29 is 20.4 Å². The third kappa shape index (κ3) is 1.14. The van der Waals surface area contributed by atoms with E-state index in [-0.39, 0.29) is 0 Å². The van der Waals surface area contributed by atoms with Crippen LogP contribution in [0.1, 0.15) is 0 Å². The second-order valence-corrected chi connectivity index (χ2v) is 3.46. The summed E-state index contributed by atoms with van der Waals surface area (Å²) in [5, 5.41) is 34.3. The number of hydrogen-bond donors (Lipinski definition) is 4. The molecule has 8 nitrogen and oxygen atoms in total. The van der Waals surface area contributed by atoms with Gasteiger partial charge < -0.3 is 20.4 Å². The van der Waals surface area contributed by atoms with Gasteiger partial charge in [0.05, 0.1) is 10.4 Å². The molecule has 0 spiro atoms. The van der Waals surface area contributed by atoms with Crippen LogP contribution in [0.25, 0.3) is 0 Å². The zero-order valence-electron chi connectivity index (χ0n) is 8.42. The van der Waals surface area contributed by atoms with E-state index in [0.717, 1.165) is 0 Å². The molecule has 2 aliphatic rings. The van der Waals surface area contributed by atoms with Crippen molar-refractivity contribution in [2.45, 2.75) is 0 Å². The molecule has 0 fully saturated rings. The first-order valence-electron chi connectivity index (χ1n) is 4.46. The summed E-state index contributed by atoms with van der Waals surface area (Å²) in [5.74, 6) is -5.58. The van der Waals surface area contributed by atoms with Crippen LogP contribution < -0.4 is 21.7 Å². The van der Waals surface area contributed by atoms with Gasteiger partial charge in [-0.25, -0.2) is 0 Å². The van der Waals surface area contributed by atoms with Gasteiger partial charge in [0.15, 0.2) is 0 Å². The lowest BCUT2D eigenvalue weighted by Gasteiger charge is -1.98. The molecule has 0 heterocycles. The van der Waals surface area contributed by atoms with E-state index in [1.165, 1.54) is 0 Å². The molecule has 0 bridgehead atoms. The molecule has 4 N–H and O–H groups in total. The Labute approximate surface area is 95.6 Å². The summed E-state index contributed by atoms with van der Waals surface area (Å²) >= 11 is 0. The number of rotatable bonds is 0. The summed E-state index contributed by atoms with van der Waals surface area (Å²) in [6.45, 7) is 0. The smallest absolute Gasteiger partial charge is 0.236 e. The zero-order chi connectivity index (χ0) is 13.8. The van der Waals surface area contributed by atoms with Crippen molar-refractivity contribution in [1.82, 2.24) is 0 Å². The Morgan fingerprint density at radius 3 is 0.778 bits per heavy atom. The van der Waals surface area contributed by atoms with Crippen LogP contribution in [-0.2, 0) is 0 Å². The largest absolute Gasteiger partial charge is 0.501 e. The van der Waals surface area contributed by atoms with E-state index in [1.807, 2.05) is 0 Å². The van der Waals surface area contributed by atoms with Gasteiger partial charge in [-0.05, 0) is 0 Å². The minimum atomic E-state index is -1.47. The molecular weight excluding hydrogens is 248 g/mol. The first-order chi connectivity index (χ1) is 8.29. The van der Waals surface area contributed by atoms with Crippen molar-refractivity contribution in [3.05, 3.63) is 51.3 Å². The summed E-state index contributed by atoms with van der Waals surface area (Å²) in [6.07, 6.45) is 0. The van der Waals surface area contributed by atoms with E-state index in [1.54, 1.807) is 0 Å². The van der Waals surface area contributed by atoms with Crippen molar-refractivity contribution in [2.24, 2.45) is 0 Å². The molecule has 0 unspecified atom stereocenters. The minimum Gasteiger partial charge on any atom is -0.501 e. The van der Waals surface area contributed by atoms with Gasteiger partial charge in [0.25, 0.3) is 0 Å². The highest BCUT2D eigenvalue weighted by molar-refractivity contribution is 5.45. The third-order valence-corrected chi connectivity index (χ3v) is 2.47. The highest BCUT2D eigenvalue weighted by Crippen LogP contribution is 2.16. The van der Waals surface area contributed by atoms with E-state index < -0.39 is 55.2 Å². The fraction of sp³-hybridized carbons (Fsp3) is 0. The van der Waals surface area contributed by atoms with Gasteiger partial charge in [-0.15, -0.1) is 0 Å². The van der Waals surface area contributed by atoms with Crippen LogP contribution in [0.2, 0.25) is 0 Å². The Morgan fingerprint density at radius 2 is 0.611 bits per heavy atom.